The van der Waals surface area contributed by atoms with Crippen molar-refractivity contribution in [3.8, 4) is 0 Å². The summed E-state index contributed by atoms with van der Waals surface area (Å²) in [5.74, 6) is -2.95. The summed E-state index contributed by atoms with van der Waals surface area (Å²) in [4.78, 5) is 81.6. The molecule has 0 spiro atoms. The van der Waals surface area contributed by atoms with E-state index in [0.29, 0.717) is 18.9 Å². The summed E-state index contributed by atoms with van der Waals surface area (Å²) in [6.07, 6.45) is 4.28. The monoisotopic (exact) mass is 657 g/mol. The number of nitrogens with zero attached hydrogens (tertiary/aromatic N) is 1. The van der Waals surface area contributed by atoms with Crippen LogP contribution in [-0.4, -0.2) is 84.3 Å². The zero-order chi connectivity index (χ0) is 35.4. The quantitative estimate of drug-likeness (QED) is 0.127. The van der Waals surface area contributed by atoms with E-state index in [-0.39, 0.29) is 31.3 Å². The minimum Gasteiger partial charge on any atom is -0.464 e. The smallest absolute Gasteiger partial charge is 0.329 e. The largest absolute Gasteiger partial charge is 0.464 e. The molecule has 12 nitrogen and oxygen atoms in total. The Morgan fingerprint density at radius 2 is 1.55 bits per heavy atom. The molecule has 3 rings (SSSR count). The van der Waals surface area contributed by atoms with E-state index in [9.17, 15) is 28.8 Å². The molecule has 47 heavy (non-hydrogen) atoms. The van der Waals surface area contributed by atoms with Crippen LogP contribution < -0.4 is 21.3 Å². The molecule has 0 bridgehead atoms. The van der Waals surface area contributed by atoms with Gasteiger partial charge in [-0.15, -0.1) is 6.58 Å². The van der Waals surface area contributed by atoms with Gasteiger partial charge in [-0.1, -0.05) is 72.1 Å². The lowest BCUT2D eigenvalue weighted by Crippen LogP contribution is -2.62. The van der Waals surface area contributed by atoms with E-state index in [4.69, 9.17) is 4.74 Å². The number of rotatable bonds is 14. The predicted octanol–water partition coefficient (Wildman–Crippen LogP) is 3.02. The Morgan fingerprint density at radius 3 is 2.06 bits per heavy atom. The number of fused-ring (bicyclic) bond motifs is 1. The van der Waals surface area contributed by atoms with Gasteiger partial charge >= 0.3 is 12.0 Å². The van der Waals surface area contributed by atoms with Crippen LogP contribution in [0.2, 0.25) is 0 Å². The fourth-order valence-corrected chi connectivity index (χ4v) is 6.24. The topological polar surface area (TPSA) is 163 Å². The summed E-state index contributed by atoms with van der Waals surface area (Å²) in [6.45, 7) is 20.9. The number of esters is 1. The standard InChI is InChI=1S/C35H55N5O7/c1-11-13-22(26(41)30(43)36-16-12-2)37-29(42)25-24-21(23(24)19(3)4)17-40(25)31(44)27(34(5,6)7)38-33(46)39-28(35(8,9)10)32(45)47-18-20-14-15-20/h12,20-22,24-25,27-28H,2,11,13-18H2,1,3-10H3,(H,36,43)(H,37,42)(H2,38,39,46)/t21-,22?,24-,25+,27-,28-/m1/s1. The molecule has 3 aliphatic rings. The SMILES string of the molecule is C=CCNC(=O)C(=O)C(CCC)NC(=O)[C@@H]1[C@H]2C(=C(C)C)[C@H]2CN1C(=O)[C@@H](NC(=O)N[C@H](C(=O)OCC1CC1)C(C)(C)C)C(C)(C)C. The van der Waals surface area contributed by atoms with Crippen LogP contribution in [0.1, 0.15) is 88.0 Å². The van der Waals surface area contributed by atoms with Crippen molar-refractivity contribution in [1.29, 1.82) is 0 Å². The van der Waals surface area contributed by atoms with Gasteiger partial charge in [0.15, 0.2) is 0 Å². The van der Waals surface area contributed by atoms with Crippen LogP contribution in [0.25, 0.3) is 0 Å². The third-order valence-corrected chi connectivity index (χ3v) is 9.05. The maximum absolute atomic E-state index is 14.3. The van der Waals surface area contributed by atoms with Crippen LogP contribution >= 0.6 is 0 Å². The molecule has 0 aromatic carbocycles. The van der Waals surface area contributed by atoms with Crippen molar-refractivity contribution in [2.24, 2.45) is 28.6 Å². The van der Waals surface area contributed by atoms with E-state index < -0.39 is 70.5 Å². The van der Waals surface area contributed by atoms with Gasteiger partial charge in [0.25, 0.3) is 5.91 Å². The molecule has 1 heterocycles. The molecule has 1 saturated heterocycles. The summed E-state index contributed by atoms with van der Waals surface area (Å²) < 4.78 is 5.48. The molecule has 3 fully saturated rings. The summed E-state index contributed by atoms with van der Waals surface area (Å²) in [5.41, 5.74) is 0.748. The lowest BCUT2D eigenvalue weighted by Gasteiger charge is -2.37. The Hall–Kier alpha value is -3.70. The zero-order valence-corrected chi connectivity index (χ0v) is 29.6. The van der Waals surface area contributed by atoms with Gasteiger partial charge in [0, 0.05) is 24.9 Å². The first kappa shape index (κ1) is 37.8. The number of ether oxygens (including phenoxy) is 1. The lowest BCUT2D eigenvalue weighted by atomic mass is 9.85. The number of Topliss-reactive ketones (excluding diaryl/α,β-unsaturated/α-hetero) is 1. The van der Waals surface area contributed by atoms with Crippen molar-refractivity contribution >= 4 is 35.5 Å². The Labute approximate surface area is 279 Å². The average Bonchev–Trinajstić information content (AvgIpc) is 3.90. The van der Waals surface area contributed by atoms with E-state index in [2.05, 4.69) is 27.8 Å². The summed E-state index contributed by atoms with van der Waals surface area (Å²) >= 11 is 0. The first-order chi connectivity index (χ1) is 21.8. The molecule has 0 aromatic heterocycles. The molecular formula is C35H55N5O7. The zero-order valence-electron chi connectivity index (χ0n) is 29.6. The molecule has 12 heteroatoms. The number of piperidine rings is 1. The minimum atomic E-state index is -1.06. The molecule has 4 N–H and O–H groups in total. The first-order valence-corrected chi connectivity index (χ1v) is 16.8. The number of carbonyl (C=O) groups is 6. The maximum atomic E-state index is 14.3. The maximum Gasteiger partial charge on any atom is 0.329 e. The van der Waals surface area contributed by atoms with Crippen LogP contribution in [0.15, 0.2) is 23.8 Å². The van der Waals surface area contributed by atoms with Crippen molar-refractivity contribution < 1.29 is 33.5 Å². The third-order valence-electron chi connectivity index (χ3n) is 9.05. The molecule has 1 aliphatic heterocycles. The molecule has 5 amide bonds. The minimum absolute atomic E-state index is 0.0168. The summed E-state index contributed by atoms with van der Waals surface area (Å²) in [6, 6.07) is -4.68. The van der Waals surface area contributed by atoms with Crippen LogP contribution in [0, 0.1) is 28.6 Å². The lowest BCUT2D eigenvalue weighted by molar-refractivity contribution is -0.149. The number of allylic oxidation sites excluding steroid dienone is 1. The van der Waals surface area contributed by atoms with E-state index in [1.165, 1.54) is 11.0 Å². The summed E-state index contributed by atoms with van der Waals surface area (Å²) in [5, 5.41) is 10.8. The number of ketones is 1. The van der Waals surface area contributed by atoms with E-state index in [1.54, 1.807) is 0 Å². The second-order valence-electron chi connectivity index (χ2n) is 15.5. The molecule has 6 atom stereocenters. The predicted molar refractivity (Wildman–Crippen MR) is 178 cm³/mol. The van der Waals surface area contributed by atoms with Crippen molar-refractivity contribution in [3.05, 3.63) is 23.8 Å². The number of nitrogens with one attached hydrogen (secondary N) is 4. The molecule has 0 aromatic rings. The van der Waals surface area contributed by atoms with Crippen LogP contribution in [0.5, 0.6) is 0 Å². The number of hydrogen-bond acceptors (Lipinski definition) is 7. The Morgan fingerprint density at radius 1 is 0.957 bits per heavy atom. The first-order valence-electron chi connectivity index (χ1n) is 16.8. The van der Waals surface area contributed by atoms with Crippen molar-refractivity contribution in [1.82, 2.24) is 26.2 Å². The highest BCUT2D eigenvalue weighted by atomic mass is 16.5. The third kappa shape index (κ3) is 9.44. The Kier molecular flexibility index (Phi) is 12.1. The molecule has 2 aliphatic carbocycles. The van der Waals surface area contributed by atoms with Crippen LogP contribution in [-0.2, 0) is 28.7 Å². The van der Waals surface area contributed by atoms with Gasteiger partial charge in [0.05, 0.1) is 12.6 Å². The van der Waals surface area contributed by atoms with Gasteiger partial charge in [-0.05, 0) is 49.9 Å². The van der Waals surface area contributed by atoms with E-state index in [1.807, 2.05) is 62.3 Å². The fraction of sp³-hybridized carbons (Fsp3) is 0.714. The van der Waals surface area contributed by atoms with Crippen molar-refractivity contribution in [2.75, 3.05) is 19.7 Å². The van der Waals surface area contributed by atoms with Gasteiger partial charge in [0.2, 0.25) is 17.6 Å². The average molecular weight is 658 g/mol. The second-order valence-corrected chi connectivity index (χ2v) is 15.5. The Balaban J connectivity index is 1.83. The molecule has 1 unspecified atom stereocenters. The fourth-order valence-electron chi connectivity index (χ4n) is 6.24. The number of likely N-dealkylation sites (tertiary alicyclic amines) is 1. The number of carbonyl (C=O) groups excluding carboxylic acids is 6. The van der Waals surface area contributed by atoms with Gasteiger partial charge in [0.1, 0.15) is 18.1 Å². The highest BCUT2D eigenvalue weighted by molar-refractivity contribution is 6.38. The van der Waals surface area contributed by atoms with E-state index >= 15 is 0 Å². The van der Waals surface area contributed by atoms with Gasteiger partial charge in [-0.3, -0.25) is 19.2 Å². The van der Waals surface area contributed by atoms with Gasteiger partial charge in [-0.25, -0.2) is 9.59 Å². The molecule has 0 radical (unpaired) electrons. The number of urea groups is 1. The highest BCUT2D eigenvalue weighted by Crippen LogP contribution is 2.56. The van der Waals surface area contributed by atoms with Crippen LogP contribution in [0.4, 0.5) is 4.79 Å². The van der Waals surface area contributed by atoms with Crippen LogP contribution in [0.3, 0.4) is 0 Å². The highest BCUT2D eigenvalue weighted by Gasteiger charge is 2.62. The number of hydrogen-bond donors (Lipinski definition) is 4. The Bertz CT molecular complexity index is 1290. The van der Waals surface area contributed by atoms with Crippen molar-refractivity contribution in [3.63, 3.8) is 0 Å². The normalized spacial score (nSPS) is 22.2. The van der Waals surface area contributed by atoms with Gasteiger partial charge in [-0.2, -0.15) is 0 Å². The van der Waals surface area contributed by atoms with Crippen molar-refractivity contribution in [2.45, 2.75) is 112 Å². The van der Waals surface area contributed by atoms with E-state index in [0.717, 1.165) is 24.0 Å². The number of amides is 5. The molecule has 2 saturated carbocycles. The second kappa shape index (κ2) is 15.0. The molecule has 262 valence electrons. The van der Waals surface area contributed by atoms with Gasteiger partial charge < -0.3 is 30.9 Å². The summed E-state index contributed by atoms with van der Waals surface area (Å²) in [7, 11) is 0. The molecular weight excluding hydrogens is 602 g/mol.